The van der Waals surface area contributed by atoms with Crippen LogP contribution in [0.25, 0.3) is 11.0 Å². The van der Waals surface area contributed by atoms with Crippen LogP contribution in [0.3, 0.4) is 0 Å². The number of aryl methyl sites for hydroxylation is 1. The largest absolute Gasteiger partial charge is 0.494 e. The first-order chi connectivity index (χ1) is 15.7. The van der Waals surface area contributed by atoms with Crippen molar-refractivity contribution in [2.45, 2.75) is 64.3 Å². The number of hydrogen-bond donors (Lipinski definition) is 0. The minimum absolute atomic E-state index is 0.118. The number of rotatable bonds is 7. The molecule has 1 unspecified atom stereocenters. The Labute approximate surface area is 190 Å². The van der Waals surface area contributed by atoms with Crippen LogP contribution >= 0.6 is 0 Å². The van der Waals surface area contributed by atoms with E-state index in [2.05, 4.69) is 28.8 Å². The summed E-state index contributed by atoms with van der Waals surface area (Å²) in [6.07, 6.45) is 8.56. The summed E-state index contributed by atoms with van der Waals surface area (Å²) in [5, 5.41) is 0. The zero-order valence-electron chi connectivity index (χ0n) is 19.0. The Balaban J connectivity index is 1.38. The summed E-state index contributed by atoms with van der Waals surface area (Å²) < 4.78 is 7.96. The Hall–Kier alpha value is -2.82. The number of amides is 1. The molecule has 1 aliphatic carbocycles. The second-order valence-electron chi connectivity index (χ2n) is 9.24. The summed E-state index contributed by atoms with van der Waals surface area (Å²) in [5.74, 6) is 3.02. The summed E-state index contributed by atoms with van der Waals surface area (Å²) >= 11 is 0. The highest BCUT2D eigenvalue weighted by Crippen LogP contribution is 2.35. The van der Waals surface area contributed by atoms with Crippen LogP contribution in [0.15, 0.2) is 48.5 Å². The molecule has 5 heteroatoms. The maximum Gasteiger partial charge on any atom is 0.227 e. The summed E-state index contributed by atoms with van der Waals surface area (Å²) in [4.78, 5) is 19.9. The van der Waals surface area contributed by atoms with Crippen LogP contribution in [0, 0.1) is 5.92 Å². The molecule has 5 rings (SSSR count). The first-order valence-electron chi connectivity index (χ1n) is 12.2. The third kappa shape index (κ3) is 4.25. The summed E-state index contributed by atoms with van der Waals surface area (Å²) in [5.41, 5.74) is 3.18. The van der Waals surface area contributed by atoms with E-state index in [1.807, 2.05) is 36.1 Å². The Bertz CT molecular complexity index is 1070. The number of nitrogens with zero attached hydrogens (tertiary/aromatic N) is 3. The normalized spacial score (nSPS) is 19.7. The minimum Gasteiger partial charge on any atom is -0.494 e. The van der Waals surface area contributed by atoms with Crippen molar-refractivity contribution < 1.29 is 9.53 Å². The van der Waals surface area contributed by atoms with Gasteiger partial charge >= 0.3 is 0 Å². The van der Waals surface area contributed by atoms with Crippen LogP contribution < -0.4 is 9.64 Å². The molecule has 0 N–H and O–H groups in total. The summed E-state index contributed by atoms with van der Waals surface area (Å²) in [7, 11) is 0. The highest BCUT2D eigenvalue weighted by Gasteiger charge is 2.35. The van der Waals surface area contributed by atoms with E-state index in [-0.39, 0.29) is 11.8 Å². The van der Waals surface area contributed by atoms with Crippen molar-refractivity contribution in [1.29, 1.82) is 0 Å². The topological polar surface area (TPSA) is 47.4 Å². The van der Waals surface area contributed by atoms with Crippen LogP contribution in [0.5, 0.6) is 5.75 Å². The predicted octanol–water partition coefficient (Wildman–Crippen LogP) is 5.93. The number of carbonyl (C=O) groups excluding carboxylic acids is 1. The van der Waals surface area contributed by atoms with Crippen molar-refractivity contribution in [3.8, 4) is 5.75 Å². The highest BCUT2D eigenvalue weighted by atomic mass is 16.5. The number of para-hydroxylation sites is 2. The lowest BCUT2D eigenvalue weighted by Crippen LogP contribution is -2.24. The van der Waals surface area contributed by atoms with Gasteiger partial charge in [-0.1, -0.05) is 44.2 Å². The molecule has 1 saturated heterocycles. The second-order valence-corrected chi connectivity index (χ2v) is 9.24. The maximum absolute atomic E-state index is 13.0. The van der Waals surface area contributed by atoms with E-state index < -0.39 is 0 Å². The van der Waals surface area contributed by atoms with Crippen molar-refractivity contribution in [2.24, 2.45) is 5.92 Å². The van der Waals surface area contributed by atoms with Gasteiger partial charge in [-0.15, -0.1) is 0 Å². The molecule has 2 fully saturated rings. The number of aromatic nitrogens is 2. The van der Waals surface area contributed by atoms with Crippen molar-refractivity contribution in [3.05, 3.63) is 54.4 Å². The zero-order chi connectivity index (χ0) is 21.9. The van der Waals surface area contributed by atoms with Crippen molar-refractivity contribution >= 4 is 22.6 Å². The molecule has 32 heavy (non-hydrogen) atoms. The number of benzene rings is 2. The number of ether oxygens (including phenoxy) is 1. The molecular formula is C27H33N3O2. The summed E-state index contributed by atoms with van der Waals surface area (Å²) in [6, 6.07) is 16.3. The standard InChI is InChI=1S/C27H33N3O2/c1-2-32-23-14-12-22(13-15-23)30-19-21(18-26(30)31)27-28-24-10-6-7-11-25(24)29(27)17-16-20-8-4-3-5-9-20/h6-7,10-15,20-21H,2-5,8-9,16-19H2,1H3. The van der Waals surface area contributed by atoms with Gasteiger partial charge in [-0.2, -0.15) is 0 Å². The SMILES string of the molecule is CCOc1ccc(N2CC(c3nc4ccccc4n3CCC3CCCCC3)CC2=O)cc1. The van der Waals surface area contributed by atoms with Gasteiger partial charge in [0.15, 0.2) is 0 Å². The lowest BCUT2D eigenvalue weighted by atomic mass is 9.87. The Morgan fingerprint density at radius 2 is 1.81 bits per heavy atom. The van der Waals surface area contributed by atoms with E-state index in [4.69, 9.17) is 9.72 Å². The van der Waals surface area contributed by atoms with Gasteiger partial charge in [0.25, 0.3) is 0 Å². The Morgan fingerprint density at radius 3 is 2.59 bits per heavy atom. The predicted molar refractivity (Wildman–Crippen MR) is 128 cm³/mol. The van der Waals surface area contributed by atoms with Crippen LogP contribution in [0.4, 0.5) is 5.69 Å². The van der Waals surface area contributed by atoms with Crippen molar-refractivity contribution in [3.63, 3.8) is 0 Å². The molecule has 3 aromatic rings. The van der Waals surface area contributed by atoms with E-state index in [1.165, 1.54) is 44.0 Å². The zero-order valence-corrected chi connectivity index (χ0v) is 19.0. The van der Waals surface area contributed by atoms with Gasteiger partial charge in [-0.25, -0.2) is 4.98 Å². The fraction of sp³-hybridized carbons (Fsp3) is 0.481. The monoisotopic (exact) mass is 431 g/mol. The lowest BCUT2D eigenvalue weighted by Gasteiger charge is -2.23. The van der Waals surface area contributed by atoms with Gasteiger partial charge in [0.2, 0.25) is 5.91 Å². The van der Waals surface area contributed by atoms with Gasteiger partial charge in [0.1, 0.15) is 11.6 Å². The molecule has 1 aromatic heterocycles. The molecule has 0 radical (unpaired) electrons. The highest BCUT2D eigenvalue weighted by molar-refractivity contribution is 5.96. The van der Waals surface area contributed by atoms with E-state index >= 15 is 0 Å². The van der Waals surface area contributed by atoms with Crippen LogP contribution in [0.2, 0.25) is 0 Å². The quantitative estimate of drug-likeness (QED) is 0.466. The summed E-state index contributed by atoms with van der Waals surface area (Å²) in [6.45, 7) is 4.29. The minimum atomic E-state index is 0.118. The molecule has 2 aliphatic rings. The number of fused-ring (bicyclic) bond motifs is 1. The van der Waals surface area contributed by atoms with Crippen molar-refractivity contribution in [2.75, 3.05) is 18.1 Å². The molecule has 1 amide bonds. The molecule has 0 spiro atoms. The van der Waals surface area contributed by atoms with Gasteiger partial charge < -0.3 is 14.2 Å². The molecule has 2 heterocycles. The molecule has 1 aliphatic heterocycles. The number of imidazole rings is 1. The molecule has 168 valence electrons. The van der Waals surface area contributed by atoms with E-state index in [1.54, 1.807) is 0 Å². The third-order valence-electron chi connectivity index (χ3n) is 7.12. The van der Waals surface area contributed by atoms with Crippen LogP contribution in [0.1, 0.15) is 63.6 Å². The second kappa shape index (κ2) is 9.35. The van der Waals surface area contributed by atoms with Crippen LogP contribution in [-0.2, 0) is 11.3 Å². The average molecular weight is 432 g/mol. The van der Waals surface area contributed by atoms with Gasteiger partial charge in [0.05, 0.1) is 17.6 Å². The molecular weight excluding hydrogens is 398 g/mol. The molecule has 1 saturated carbocycles. The molecule has 1 atom stereocenters. The molecule has 2 aromatic carbocycles. The van der Waals surface area contributed by atoms with E-state index in [0.717, 1.165) is 35.2 Å². The number of carbonyl (C=O) groups is 1. The molecule has 5 nitrogen and oxygen atoms in total. The number of anilines is 1. The van der Waals surface area contributed by atoms with Gasteiger partial charge in [0, 0.05) is 31.1 Å². The van der Waals surface area contributed by atoms with Crippen LogP contribution in [-0.4, -0.2) is 28.6 Å². The van der Waals surface area contributed by atoms with E-state index in [9.17, 15) is 4.79 Å². The third-order valence-corrected chi connectivity index (χ3v) is 7.12. The van der Waals surface area contributed by atoms with Crippen molar-refractivity contribution in [1.82, 2.24) is 9.55 Å². The Morgan fingerprint density at radius 1 is 1.03 bits per heavy atom. The first-order valence-corrected chi connectivity index (χ1v) is 12.2. The number of hydrogen-bond acceptors (Lipinski definition) is 3. The fourth-order valence-electron chi connectivity index (χ4n) is 5.45. The lowest BCUT2D eigenvalue weighted by molar-refractivity contribution is -0.117. The van der Waals surface area contributed by atoms with Gasteiger partial charge in [-0.05, 0) is 55.7 Å². The van der Waals surface area contributed by atoms with E-state index in [0.29, 0.717) is 19.6 Å². The Kier molecular flexibility index (Phi) is 6.15. The molecule has 0 bridgehead atoms. The fourth-order valence-corrected chi connectivity index (χ4v) is 5.45. The first kappa shape index (κ1) is 21.0. The smallest absolute Gasteiger partial charge is 0.227 e. The van der Waals surface area contributed by atoms with Gasteiger partial charge in [-0.3, -0.25) is 4.79 Å². The maximum atomic E-state index is 13.0. The average Bonchev–Trinajstić information content (AvgIpc) is 3.39.